The van der Waals surface area contributed by atoms with Gasteiger partial charge >= 0.3 is 0 Å². The molecular formula is C12H24Br2N2O2. The summed E-state index contributed by atoms with van der Waals surface area (Å²) in [6.07, 6.45) is 0. The summed E-state index contributed by atoms with van der Waals surface area (Å²) in [5.41, 5.74) is 0. The van der Waals surface area contributed by atoms with Crippen molar-refractivity contribution in [3.8, 4) is 0 Å². The van der Waals surface area contributed by atoms with E-state index >= 15 is 0 Å². The van der Waals surface area contributed by atoms with Gasteiger partial charge in [0.05, 0.1) is 26.4 Å². The van der Waals surface area contributed by atoms with Crippen LogP contribution < -0.4 is 34.0 Å². The summed E-state index contributed by atoms with van der Waals surface area (Å²) < 4.78 is 13.7. The van der Waals surface area contributed by atoms with Gasteiger partial charge in [0.25, 0.3) is 0 Å². The highest BCUT2D eigenvalue weighted by Gasteiger charge is 2.43. The van der Waals surface area contributed by atoms with Crippen LogP contribution in [0.4, 0.5) is 0 Å². The Labute approximate surface area is 131 Å². The van der Waals surface area contributed by atoms with Gasteiger partial charge in [-0.1, -0.05) is 0 Å². The molecule has 0 aromatic rings. The van der Waals surface area contributed by atoms with Crippen LogP contribution in [-0.2, 0) is 9.47 Å². The summed E-state index contributed by atoms with van der Waals surface area (Å²) in [7, 11) is 0. The molecule has 108 valence electrons. The Morgan fingerprint density at radius 2 is 0.722 bits per heavy atom. The van der Waals surface area contributed by atoms with E-state index in [1.165, 1.54) is 61.3 Å². The third-order valence-electron chi connectivity index (χ3n) is 4.94. The minimum atomic E-state index is 0. The van der Waals surface area contributed by atoms with Crippen LogP contribution in [0.5, 0.6) is 0 Å². The summed E-state index contributed by atoms with van der Waals surface area (Å²) in [4.78, 5) is 0. The standard InChI is InChI=1S/C12H24N2O2.2BrH/c1-2-14(7-11-16-12-8-14)4-3-13(1)5-9-15-10-6-13;;/h1-12H2;2*1H/q+2;;/p-2. The van der Waals surface area contributed by atoms with E-state index in [1.807, 2.05) is 0 Å². The maximum Gasteiger partial charge on any atom is 0.129 e. The quantitative estimate of drug-likeness (QED) is 0.385. The van der Waals surface area contributed by atoms with E-state index < -0.39 is 0 Å². The number of morpholine rings is 2. The van der Waals surface area contributed by atoms with Crippen molar-refractivity contribution in [3.63, 3.8) is 0 Å². The molecule has 0 aliphatic carbocycles. The first kappa shape index (κ1) is 16.9. The predicted octanol–water partition coefficient (Wildman–Crippen LogP) is -6.30. The molecule has 0 radical (unpaired) electrons. The predicted molar refractivity (Wildman–Crippen MR) is 61.1 cm³/mol. The lowest BCUT2D eigenvalue weighted by molar-refractivity contribution is -1.04. The Kier molecular flexibility index (Phi) is 6.55. The van der Waals surface area contributed by atoms with E-state index in [1.54, 1.807) is 0 Å². The van der Waals surface area contributed by atoms with E-state index in [9.17, 15) is 0 Å². The van der Waals surface area contributed by atoms with Crippen LogP contribution in [0.1, 0.15) is 0 Å². The summed E-state index contributed by atoms with van der Waals surface area (Å²) in [5, 5.41) is 0. The van der Waals surface area contributed by atoms with Crippen molar-refractivity contribution in [1.29, 1.82) is 0 Å². The minimum absolute atomic E-state index is 0. The summed E-state index contributed by atoms with van der Waals surface area (Å²) in [6, 6.07) is 0. The van der Waals surface area contributed by atoms with Crippen LogP contribution in [0.2, 0.25) is 0 Å². The average molecular weight is 388 g/mol. The zero-order valence-corrected chi connectivity index (χ0v) is 14.1. The molecule has 18 heavy (non-hydrogen) atoms. The van der Waals surface area contributed by atoms with Gasteiger partial charge in [-0.25, -0.2) is 0 Å². The van der Waals surface area contributed by atoms with Crippen molar-refractivity contribution in [3.05, 3.63) is 0 Å². The van der Waals surface area contributed by atoms with Gasteiger partial charge in [0, 0.05) is 0 Å². The maximum absolute atomic E-state index is 5.49. The molecule has 3 heterocycles. The van der Waals surface area contributed by atoms with Crippen LogP contribution in [-0.4, -0.2) is 87.8 Å². The molecule has 0 aromatic heterocycles. The van der Waals surface area contributed by atoms with Crippen molar-refractivity contribution in [2.75, 3.05) is 78.8 Å². The van der Waals surface area contributed by atoms with E-state index in [2.05, 4.69) is 0 Å². The zero-order chi connectivity index (χ0) is 10.9. The Morgan fingerprint density at radius 3 is 1.00 bits per heavy atom. The second kappa shape index (κ2) is 6.99. The maximum atomic E-state index is 5.49. The molecule has 3 saturated heterocycles. The lowest BCUT2D eigenvalue weighted by Crippen LogP contribution is -3.00. The minimum Gasteiger partial charge on any atom is -1.00 e. The molecule has 0 N–H and O–H groups in total. The van der Waals surface area contributed by atoms with Crippen LogP contribution in [0.25, 0.3) is 0 Å². The Hall–Kier alpha value is 0.800. The zero-order valence-electron chi connectivity index (χ0n) is 11.0. The second-order valence-electron chi connectivity index (χ2n) is 5.70. The normalized spacial score (nSPS) is 29.3. The summed E-state index contributed by atoms with van der Waals surface area (Å²) in [6.45, 7) is 14.3. The molecule has 0 aromatic carbocycles. The van der Waals surface area contributed by atoms with Gasteiger partial charge in [0.15, 0.2) is 0 Å². The van der Waals surface area contributed by atoms with Crippen molar-refractivity contribution in [2.45, 2.75) is 0 Å². The number of piperazine rings is 1. The fourth-order valence-electron chi connectivity index (χ4n) is 3.43. The van der Waals surface area contributed by atoms with Gasteiger partial charge in [-0.15, -0.1) is 0 Å². The molecule has 3 rings (SSSR count). The largest absolute Gasteiger partial charge is 1.00 e. The Morgan fingerprint density at radius 1 is 0.444 bits per heavy atom. The second-order valence-corrected chi connectivity index (χ2v) is 5.70. The number of hydrogen-bond acceptors (Lipinski definition) is 2. The molecule has 0 saturated carbocycles. The highest BCUT2D eigenvalue weighted by molar-refractivity contribution is 4.60. The van der Waals surface area contributed by atoms with Crippen LogP contribution in [0, 0.1) is 0 Å². The highest BCUT2D eigenvalue weighted by Crippen LogP contribution is 2.22. The van der Waals surface area contributed by atoms with Gasteiger partial charge in [0.1, 0.15) is 52.4 Å². The summed E-state index contributed by atoms with van der Waals surface area (Å²) >= 11 is 0. The fraction of sp³-hybridized carbons (Fsp3) is 1.00. The molecule has 3 aliphatic heterocycles. The molecule has 0 bridgehead atoms. The molecule has 0 unspecified atom stereocenters. The van der Waals surface area contributed by atoms with Crippen molar-refractivity contribution in [2.24, 2.45) is 0 Å². The monoisotopic (exact) mass is 386 g/mol. The van der Waals surface area contributed by atoms with Crippen molar-refractivity contribution >= 4 is 0 Å². The number of nitrogens with zero attached hydrogens (tertiary/aromatic N) is 2. The topological polar surface area (TPSA) is 18.5 Å². The van der Waals surface area contributed by atoms with Gasteiger partial charge in [-0.05, 0) is 0 Å². The Bertz CT molecular complexity index is 216. The lowest BCUT2D eigenvalue weighted by Gasteiger charge is -2.51. The van der Waals surface area contributed by atoms with Crippen molar-refractivity contribution in [1.82, 2.24) is 0 Å². The van der Waals surface area contributed by atoms with Gasteiger partial charge < -0.3 is 52.4 Å². The van der Waals surface area contributed by atoms with E-state index in [0.717, 1.165) is 26.4 Å². The fourth-order valence-corrected chi connectivity index (χ4v) is 3.43. The molecule has 0 amide bonds. The first-order chi connectivity index (χ1) is 7.83. The third kappa shape index (κ3) is 3.46. The Balaban J connectivity index is 0.000000810. The van der Waals surface area contributed by atoms with Gasteiger partial charge in [-0.2, -0.15) is 0 Å². The SMILES string of the molecule is C1C[N+]2(CCO1)CC[N+]1(CCOCC1)CC2.[Br-].[Br-]. The molecule has 4 nitrogen and oxygen atoms in total. The lowest BCUT2D eigenvalue weighted by atomic mass is 10.1. The van der Waals surface area contributed by atoms with Gasteiger partial charge in [0.2, 0.25) is 0 Å². The van der Waals surface area contributed by atoms with E-state index in [4.69, 9.17) is 9.47 Å². The smallest absolute Gasteiger partial charge is 0.129 e. The van der Waals surface area contributed by atoms with E-state index in [-0.39, 0.29) is 34.0 Å². The average Bonchev–Trinajstić information content (AvgIpc) is 2.36. The molecule has 3 fully saturated rings. The molecule has 6 heteroatoms. The highest BCUT2D eigenvalue weighted by atomic mass is 79.9. The van der Waals surface area contributed by atoms with Gasteiger partial charge in [-0.3, -0.25) is 0 Å². The third-order valence-corrected chi connectivity index (χ3v) is 4.94. The van der Waals surface area contributed by atoms with Crippen LogP contribution >= 0.6 is 0 Å². The van der Waals surface area contributed by atoms with Crippen molar-refractivity contribution < 1.29 is 52.4 Å². The molecule has 2 spiro atoms. The van der Waals surface area contributed by atoms with Crippen LogP contribution in [0.3, 0.4) is 0 Å². The van der Waals surface area contributed by atoms with Crippen LogP contribution in [0.15, 0.2) is 0 Å². The number of quaternary nitrogens is 2. The molecule has 3 aliphatic rings. The first-order valence-corrected chi connectivity index (χ1v) is 6.68. The summed E-state index contributed by atoms with van der Waals surface area (Å²) in [5.74, 6) is 0. The first-order valence-electron chi connectivity index (χ1n) is 6.68. The van der Waals surface area contributed by atoms with E-state index in [0.29, 0.717) is 0 Å². The number of halogens is 2. The number of ether oxygens (including phenoxy) is 2. The molecule has 0 atom stereocenters. The number of hydrogen-bond donors (Lipinski definition) is 0. The molecular weight excluding hydrogens is 364 g/mol. The number of rotatable bonds is 0.